The molecule has 0 spiro atoms. The number of hydrogen-bond donors (Lipinski definition) is 3. The van der Waals surface area contributed by atoms with Gasteiger partial charge in [0.2, 0.25) is 0 Å². The SMILES string of the molecule is O=P(O)(O)O.[Cl][Cu][Cl]. The molecule has 3 N–H and O–H groups in total. The van der Waals surface area contributed by atoms with Crippen LogP contribution in [0.25, 0.3) is 0 Å². The van der Waals surface area contributed by atoms with E-state index in [9.17, 15) is 0 Å². The Kier molecular flexibility index (Phi) is 9.45. The molecule has 0 aliphatic heterocycles. The van der Waals surface area contributed by atoms with Crippen LogP contribution >= 0.6 is 28.0 Å². The summed E-state index contributed by atoms with van der Waals surface area (Å²) in [5.41, 5.74) is 0. The zero-order valence-electron chi connectivity index (χ0n) is 3.25. The second kappa shape index (κ2) is 6.33. The van der Waals surface area contributed by atoms with Crippen molar-refractivity contribution in [3.8, 4) is 0 Å². The maximum absolute atomic E-state index is 8.88. The van der Waals surface area contributed by atoms with Gasteiger partial charge in [-0.25, -0.2) is 4.57 Å². The predicted molar refractivity (Wildman–Crippen MR) is 26.0 cm³/mol. The fourth-order valence-electron chi connectivity index (χ4n) is 0. The Morgan fingerprint density at radius 3 is 1.25 bits per heavy atom. The molecule has 0 saturated heterocycles. The van der Waals surface area contributed by atoms with Gasteiger partial charge in [0.1, 0.15) is 0 Å². The van der Waals surface area contributed by atoms with Crippen molar-refractivity contribution in [2.75, 3.05) is 0 Å². The number of rotatable bonds is 0. The summed E-state index contributed by atoms with van der Waals surface area (Å²) in [6.07, 6.45) is 0. The van der Waals surface area contributed by atoms with E-state index in [1.807, 2.05) is 0 Å². The van der Waals surface area contributed by atoms with E-state index in [2.05, 4.69) is 20.2 Å². The molecule has 8 heavy (non-hydrogen) atoms. The van der Waals surface area contributed by atoms with Crippen molar-refractivity contribution in [1.82, 2.24) is 0 Å². The Morgan fingerprint density at radius 2 is 1.25 bits per heavy atom. The van der Waals surface area contributed by atoms with Gasteiger partial charge in [0.25, 0.3) is 0 Å². The van der Waals surface area contributed by atoms with Crippen molar-refractivity contribution in [3.63, 3.8) is 0 Å². The van der Waals surface area contributed by atoms with Gasteiger partial charge in [0, 0.05) is 0 Å². The first kappa shape index (κ1) is 11.9. The molecule has 0 aromatic heterocycles. The van der Waals surface area contributed by atoms with E-state index >= 15 is 0 Å². The molecule has 0 unspecified atom stereocenters. The third kappa shape index (κ3) is 190. The second-order valence-electron chi connectivity index (χ2n) is 0.556. The van der Waals surface area contributed by atoms with Crippen LogP contribution in [-0.2, 0) is 17.7 Å². The summed E-state index contributed by atoms with van der Waals surface area (Å²) in [6.45, 7) is 0. The summed E-state index contributed by atoms with van der Waals surface area (Å²) in [5.74, 6) is 0. The van der Waals surface area contributed by atoms with Gasteiger partial charge >= 0.3 is 41.2 Å². The minimum absolute atomic E-state index is 0.757. The number of phosphoric acid groups is 1. The number of halogens is 2. The van der Waals surface area contributed by atoms with Crippen LogP contribution in [0.15, 0.2) is 0 Å². The first-order chi connectivity index (χ1) is 3.41. The molecule has 0 aliphatic rings. The summed E-state index contributed by atoms with van der Waals surface area (Å²) in [7, 11) is 4.70. The van der Waals surface area contributed by atoms with Crippen molar-refractivity contribution in [2.45, 2.75) is 0 Å². The Hall–Kier alpha value is 1.21. The van der Waals surface area contributed by atoms with E-state index in [1.54, 1.807) is 0 Å². The Labute approximate surface area is 60.7 Å². The predicted octanol–water partition coefficient (Wildman–Crippen LogP) is 0.448. The van der Waals surface area contributed by atoms with Gasteiger partial charge in [-0.1, -0.05) is 0 Å². The number of hydrogen-bond acceptors (Lipinski definition) is 1. The van der Waals surface area contributed by atoms with E-state index in [4.69, 9.17) is 19.2 Å². The molecule has 8 heteroatoms. The van der Waals surface area contributed by atoms with Gasteiger partial charge in [0.05, 0.1) is 0 Å². The summed E-state index contributed by atoms with van der Waals surface area (Å²) < 4.78 is 8.88. The molecule has 0 atom stereocenters. The fraction of sp³-hybridized carbons (Fsp3) is 0. The molecular formula is H3Cl2CuO4P. The summed E-state index contributed by atoms with van der Waals surface area (Å²) >= 11 is 0.757. The van der Waals surface area contributed by atoms with Crippen LogP contribution in [0.4, 0.5) is 0 Å². The second-order valence-corrected chi connectivity index (χ2v) is 3.14. The van der Waals surface area contributed by atoms with E-state index < -0.39 is 7.82 Å². The van der Waals surface area contributed by atoms with Gasteiger partial charge in [-0.3, -0.25) is 0 Å². The monoisotopic (exact) mass is 231 g/mol. The van der Waals surface area contributed by atoms with Gasteiger partial charge < -0.3 is 14.7 Å². The molecule has 0 amide bonds. The van der Waals surface area contributed by atoms with E-state index in [0.29, 0.717) is 0 Å². The van der Waals surface area contributed by atoms with E-state index in [0.717, 1.165) is 13.1 Å². The molecule has 0 radical (unpaired) electrons. The average molecular weight is 232 g/mol. The van der Waals surface area contributed by atoms with Crippen LogP contribution in [-0.4, -0.2) is 14.7 Å². The minimum atomic E-state index is -4.64. The Balaban J connectivity index is 0. The van der Waals surface area contributed by atoms with Crippen molar-refractivity contribution < 1.29 is 32.4 Å². The third-order valence-corrected chi connectivity index (χ3v) is 0. The van der Waals surface area contributed by atoms with Gasteiger partial charge in [0.15, 0.2) is 0 Å². The molecule has 0 aromatic rings. The van der Waals surface area contributed by atoms with Crippen LogP contribution < -0.4 is 0 Å². The summed E-state index contributed by atoms with van der Waals surface area (Å²) in [5, 5.41) is 0. The molecule has 0 aromatic carbocycles. The van der Waals surface area contributed by atoms with E-state index in [-0.39, 0.29) is 0 Å². The van der Waals surface area contributed by atoms with Crippen LogP contribution in [0.1, 0.15) is 0 Å². The van der Waals surface area contributed by atoms with Gasteiger partial charge in [-0.2, -0.15) is 0 Å². The first-order valence-electron chi connectivity index (χ1n) is 1.01. The average Bonchev–Trinajstić information content (AvgIpc) is 1.27. The topological polar surface area (TPSA) is 77.8 Å². The molecular weight excluding hydrogens is 229 g/mol. The third-order valence-electron chi connectivity index (χ3n) is 0. The zero-order chi connectivity index (χ0) is 7.21. The standard InChI is InChI=1S/2ClH.Cu.H3O4P/c;;;1-5(2,3)4/h2*1H;;(H3,1,2,3,4)/q;;+2;/p-2. The fourth-order valence-corrected chi connectivity index (χ4v) is 0. The van der Waals surface area contributed by atoms with Crippen molar-refractivity contribution in [1.29, 1.82) is 0 Å². The van der Waals surface area contributed by atoms with Gasteiger partial charge in [-0.15, -0.1) is 0 Å². The summed E-state index contributed by atoms with van der Waals surface area (Å²) in [4.78, 5) is 21.6. The normalized spacial score (nSPS) is 10.1. The molecule has 0 saturated carbocycles. The molecule has 0 fully saturated rings. The van der Waals surface area contributed by atoms with Gasteiger partial charge in [-0.05, 0) is 0 Å². The quantitative estimate of drug-likeness (QED) is 0.418. The summed E-state index contributed by atoms with van der Waals surface area (Å²) in [6, 6.07) is 0. The van der Waals surface area contributed by atoms with E-state index in [1.165, 1.54) is 0 Å². The molecule has 57 valence electrons. The van der Waals surface area contributed by atoms with Crippen molar-refractivity contribution in [3.05, 3.63) is 0 Å². The molecule has 0 heterocycles. The van der Waals surface area contributed by atoms with Crippen molar-refractivity contribution in [2.24, 2.45) is 0 Å². The van der Waals surface area contributed by atoms with Crippen LogP contribution in [0.3, 0.4) is 0 Å². The van der Waals surface area contributed by atoms with Crippen molar-refractivity contribution >= 4 is 28.0 Å². The molecule has 0 rings (SSSR count). The van der Waals surface area contributed by atoms with Crippen LogP contribution in [0.5, 0.6) is 0 Å². The van der Waals surface area contributed by atoms with Crippen LogP contribution in [0, 0.1) is 0 Å². The Bertz CT molecular complexity index is 69.8. The molecule has 4 nitrogen and oxygen atoms in total. The Morgan fingerprint density at radius 1 is 1.25 bits per heavy atom. The first-order valence-corrected chi connectivity index (χ1v) is 5.17. The zero-order valence-corrected chi connectivity index (χ0v) is 6.60. The maximum atomic E-state index is 8.88. The molecule has 0 aliphatic carbocycles. The molecule has 0 bridgehead atoms. The van der Waals surface area contributed by atoms with Crippen LogP contribution in [0.2, 0.25) is 0 Å².